The first-order chi connectivity index (χ1) is 13.5. The normalized spacial score (nSPS) is 12.4. The van der Waals surface area contributed by atoms with Crippen LogP contribution in [0, 0.1) is 0 Å². The van der Waals surface area contributed by atoms with Crippen LogP contribution >= 0.6 is 11.6 Å². The van der Waals surface area contributed by atoms with Crippen LogP contribution in [-0.2, 0) is 11.2 Å². The Morgan fingerprint density at radius 1 is 1.04 bits per heavy atom. The second-order valence-electron chi connectivity index (χ2n) is 7.05. The highest BCUT2D eigenvalue weighted by Gasteiger charge is 2.16. The lowest BCUT2D eigenvalue weighted by atomic mass is 9.98. The lowest BCUT2D eigenvalue weighted by molar-refractivity contribution is -0.122. The number of halogens is 1. The summed E-state index contributed by atoms with van der Waals surface area (Å²) >= 11 is 6.12. The molecular weight excluding hydrogens is 372 g/mol. The number of aromatic hydroxyl groups is 1. The molecule has 1 heterocycles. The van der Waals surface area contributed by atoms with Crippen LogP contribution < -0.4 is 5.32 Å². The van der Waals surface area contributed by atoms with Gasteiger partial charge in [0.1, 0.15) is 5.75 Å². The van der Waals surface area contributed by atoms with Crippen molar-refractivity contribution < 1.29 is 9.90 Å². The molecule has 0 aliphatic rings. The van der Waals surface area contributed by atoms with E-state index in [1.165, 1.54) is 0 Å². The summed E-state index contributed by atoms with van der Waals surface area (Å²) in [5.41, 5.74) is 4.07. The molecule has 0 saturated heterocycles. The van der Waals surface area contributed by atoms with Crippen molar-refractivity contribution >= 4 is 39.3 Å². The predicted octanol–water partition coefficient (Wildman–Crippen LogP) is 5.14. The highest BCUT2D eigenvalue weighted by atomic mass is 35.5. The SMILES string of the molecule is C[C@H](C(=O)NCCc1ccc(O)cc1)c1ccc2c(c1)[nH]c1ccc(Cl)cc12. The van der Waals surface area contributed by atoms with Crippen molar-refractivity contribution in [2.45, 2.75) is 19.3 Å². The number of hydrogen-bond acceptors (Lipinski definition) is 2. The number of carbonyl (C=O) groups excluding carboxylic acids is 1. The molecule has 1 amide bonds. The van der Waals surface area contributed by atoms with E-state index in [-0.39, 0.29) is 17.6 Å². The van der Waals surface area contributed by atoms with Crippen molar-refractivity contribution in [3.05, 3.63) is 76.8 Å². The van der Waals surface area contributed by atoms with E-state index in [9.17, 15) is 9.90 Å². The van der Waals surface area contributed by atoms with E-state index in [2.05, 4.69) is 10.3 Å². The average molecular weight is 393 g/mol. The molecule has 0 fully saturated rings. The zero-order valence-corrected chi connectivity index (χ0v) is 16.3. The lowest BCUT2D eigenvalue weighted by Crippen LogP contribution is -2.29. The number of carbonyl (C=O) groups is 1. The van der Waals surface area contributed by atoms with E-state index in [1.54, 1.807) is 12.1 Å². The number of phenols is 1. The van der Waals surface area contributed by atoms with Crippen LogP contribution in [0.25, 0.3) is 21.8 Å². The van der Waals surface area contributed by atoms with E-state index in [1.807, 2.05) is 55.5 Å². The van der Waals surface area contributed by atoms with Crippen molar-refractivity contribution in [2.24, 2.45) is 0 Å². The minimum absolute atomic E-state index is 0.00251. The van der Waals surface area contributed by atoms with E-state index in [0.29, 0.717) is 11.6 Å². The molecule has 0 saturated carbocycles. The molecule has 0 unspecified atom stereocenters. The minimum Gasteiger partial charge on any atom is -0.508 e. The number of fused-ring (bicyclic) bond motifs is 3. The van der Waals surface area contributed by atoms with Gasteiger partial charge in [-0.25, -0.2) is 0 Å². The van der Waals surface area contributed by atoms with Gasteiger partial charge in [-0.2, -0.15) is 0 Å². The molecule has 3 N–H and O–H groups in total. The van der Waals surface area contributed by atoms with Crippen molar-refractivity contribution in [3.8, 4) is 5.75 Å². The second-order valence-corrected chi connectivity index (χ2v) is 7.49. The highest BCUT2D eigenvalue weighted by molar-refractivity contribution is 6.31. The Balaban J connectivity index is 1.46. The van der Waals surface area contributed by atoms with Gasteiger partial charge in [0.15, 0.2) is 0 Å². The zero-order chi connectivity index (χ0) is 19.7. The Labute approximate surface area is 168 Å². The molecule has 0 radical (unpaired) electrons. The summed E-state index contributed by atoms with van der Waals surface area (Å²) in [5, 5.41) is 15.2. The fourth-order valence-corrected chi connectivity index (χ4v) is 3.63. The maximum Gasteiger partial charge on any atom is 0.227 e. The third kappa shape index (κ3) is 3.69. The zero-order valence-electron chi connectivity index (χ0n) is 15.5. The number of aromatic amines is 1. The summed E-state index contributed by atoms with van der Waals surface area (Å²) in [5.74, 6) is -0.00690. The Morgan fingerprint density at radius 3 is 2.61 bits per heavy atom. The molecule has 0 aliphatic carbocycles. The summed E-state index contributed by atoms with van der Waals surface area (Å²) in [6, 6.07) is 18.9. The molecule has 0 bridgehead atoms. The maximum absolute atomic E-state index is 12.6. The Kier molecular flexibility index (Phi) is 4.97. The van der Waals surface area contributed by atoms with E-state index < -0.39 is 0 Å². The molecule has 5 heteroatoms. The molecule has 28 heavy (non-hydrogen) atoms. The van der Waals surface area contributed by atoms with Gasteiger partial charge in [0.2, 0.25) is 5.91 Å². The summed E-state index contributed by atoms with van der Waals surface area (Å²) in [4.78, 5) is 16.0. The molecule has 0 spiro atoms. The lowest BCUT2D eigenvalue weighted by Gasteiger charge is -2.13. The molecular formula is C23H21ClN2O2. The maximum atomic E-state index is 12.6. The van der Waals surface area contributed by atoms with Crippen molar-refractivity contribution in [3.63, 3.8) is 0 Å². The monoisotopic (exact) mass is 392 g/mol. The molecule has 3 aromatic carbocycles. The van der Waals surface area contributed by atoms with Gasteiger partial charge in [-0.05, 0) is 60.9 Å². The van der Waals surface area contributed by atoms with Crippen molar-refractivity contribution in [1.29, 1.82) is 0 Å². The summed E-state index contributed by atoms with van der Waals surface area (Å²) < 4.78 is 0. The van der Waals surface area contributed by atoms with Crippen molar-refractivity contribution in [2.75, 3.05) is 6.54 Å². The van der Waals surface area contributed by atoms with Gasteiger partial charge < -0.3 is 15.4 Å². The smallest absolute Gasteiger partial charge is 0.227 e. The number of hydrogen-bond donors (Lipinski definition) is 3. The van der Waals surface area contributed by atoms with E-state index >= 15 is 0 Å². The van der Waals surface area contributed by atoms with Gasteiger partial charge in [0, 0.05) is 33.4 Å². The van der Waals surface area contributed by atoms with Gasteiger partial charge in [-0.1, -0.05) is 35.9 Å². The standard InChI is InChI=1S/C23H21ClN2O2/c1-14(23(28)25-11-10-15-2-6-18(27)7-3-15)16-4-8-19-20-13-17(24)5-9-21(20)26-22(19)12-16/h2-9,12-14,26-27H,10-11H2,1H3,(H,25,28)/t14-/m0/s1. The molecule has 142 valence electrons. The van der Waals surface area contributed by atoms with Gasteiger partial charge >= 0.3 is 0 Å². The Bertz CT molecular complexity index is 1150. The number of nitrogens with one attached hydrogen (secondary N) is 2. The molecule has 1 atom stereocenters. The van der Waals surface area contributed by atoms with Gasteiger partial charge in [0.05, 0.1) is 5.92 Å². The average Bonchev–Trinajstić information content (AvgIpc) is 3.05. The van der Waals surface area contributed by atoms with Crippen molar-refractivity contribution in [1.82, 2.24) is 10.3 Å². The first-order valence-corrected chi connectivity index (χ1v) is 9.65. The third-order valence-corrected chi connectivity index (χ3v) is 5.36. The highest BCUT2D eigenvalue weighted by Crippen LogP contribution is 2.30. The number of H-pyrrole nitrogens is 1. The van der Waals surface area contributed by atoms with E-state index in [0.717, 1.165) is 39.4 Å². The number of benzene rings is 3. The molecule has 4 nitrogen and oxygen atoms in total. The largest absolute Gasteiger partial charge is 0.508 e. The Hall–Kier alpha value is -2.98. The number of aromatic nitrogens is 1. The van der Waals surface area contributed by atoms with Crippen LogP contribution in [0.1, 0.15) is 24.0 Å². The number of rotatable bonds is 5. The van der Waals surface area contributed by atoms with Crippen LogP contribution in [0.3, 0.4) is 0 Å². The molecule has 1 aromatic heterocycles. The van der Waals surface area contributed by atoms with Gasteiger partial charge in [-0.15, -0.1) is 0 Å². The molecule has 4 rings (SSSR count). The van der Waals surface area contributed by atoms with Gasteiger partial charge in [-0.3, -0.25) is 4.79 Å². The number of amides is 1. The van der Waals surface area contributed by atoms with Gasteiger partial charge in [0.25, 0.3) is 0 Å². The third-order valence-electron chi connectivity index (χ3n) is 5.13. The topological polar surface area (TPSA) is 65.1 Å². The summed E-state index contributed by atoms with van der Waals surface area (Å²) in [7, 11) is 0. The fraction of sp³-hybridized carbons (Fsp3) is 0.174. The summed E-state index contributed by atoms with van der Waals surface area (Å²) in [6.45, 7) is 2.47. The first kappa shape index (κ1) is 18.4. The van der Waals surface area contributed by atoms with Crippen LogP contribution in [0.2, 0.25) is 5.02 Å². The predicted molar refractivity (Wildman–Crippen MR) is 114 cm³/mol. The van der Waals surface area contributed by atoms with Crippen LogP contribution in [0.4, 0.5) is 0 Å². The Morgan fingerprint density at radius 2 is 1.82 bits per heavy atom. The quantitative estimate of drug-likeness (QED) is 0.440. The number of phenolic OH excluding ortho intramolecular Hbond substituents is 1. The minimum atomic E-state index is -0.251. The second kappa shape index (κ2) is 7.56. The van der Waals surface area contributed by atoms with E-state index in [4.69, 9.17) is 11.6 Å². The van der Waals surface area contributed by atoms with Crippen LogP contribution in [0.5, 0.6) is 5.75 Å². The fourth-order valence-electron chi connectivity index (χ4n) is 3.46. The van der Waals surface area contributed by atoms with Crippen LogP contribution in [0.15, 0.2) is 60.7 Å². The molecule has 4 aromatic rings. The first-order valence-electron chi connectivity index (χ1n) is 9.28. The summed E-state index contributed by atoms with van der Waals surface area (Å²) in [6.07, 6.45) is 0.723. The van der Waals surface area contributed by atoms with Crippen LogP contribution in [-0.4, -0.2) is 22.5 Å². The molecule has 0 aliphatic heterocycles.